The Morgan fingerprint density at radius 1 is 0.634 bits per heavy atom. The van der Waals surface area contributed by atoms with Crippen molar-refractivity contribution in [2.24, 2.45) is 11.5 Å². The molecule has 2 rings (SSSR count). The molecule has 4 atom stereocenters. The number of benzene rings is 2. The van der Waals surface area contributed by atoms with Gasteiger partial charge < -0.3 is 47.8 Å². The molecule has 0 aromatic heterocycles. The molecule has 0 fully saturated rings. The number of phenols is 2. The second kappa shape index (κ2) is 14.8. The van der Waals surface area contributed by atoms with Crippen LogP contribution in [0.3, 0.4) is 0 Å². The predicted octanol–water partition coefficient (Wildman–Crippen LogP) is -1.90. The van der Waals surface area contributed by atoms with E-state index in [4.69, 9.17) is 11.5 Å². The Bertz CT molecular complexity index is 1270. The first-order valence-electron chi connectivity index (χ1n) is 12.2. The van der Waals surface area contributed by atoms with Gasteiger partial charge in [-0.1, -0.05) is 24.3 Å². The van der Waals surface area contributed by atoms with Crippen LogP contribution >= 0.6 is 0 Å². The maximum Gasteiger partial charge on any atom is 0.326 e. The summed E-state index contributed by atoms with van der Waals surface area (Å²) in [5, 5.41) is 44.1. The molecule has 0 spiro atoms. The monoisotopic (exact) mass is 573 g/mol. The number of nitrogens with two attached hydrogens (primary N) is 2. The Hall–Kier alpha value is -5.18. The number of carboxylic acids is 2. The topological polar surface area (TPSA) is 271 Å². The zero-order chi connectivity index (χ0) is 30.7. The zero-order valence-corrected chi connectivity index (χ0v) is 21.6. The summed E-state index contributed by atoms with van der Waals surface area (Å²) in [6.07, 6.45) is -1.91. The van der Waals surface area contributed by atoms with Crippen molar-refractivity contribution in [1.29, 1.82) is 0 Å². The molecule has 0 aliphatic carbocycles. The summed E-state index contributed by atoms with van der Waals surface area (Å²) in [5.74, 6) is -7.17. The number of carbonyl (C=O) groups is 6. The quantitative estimate of drug-likeness (QED) is 0.113. The number of carboxylic acid groups (broad SMARTS) is 2. The minimum Gasteiger partial charge on any atom is -0.508 e. The summed E-state index contributed by atoms with van der Waals surface area (Å²) in [7, 11) is 0. The molecular weight excluding hydrogens is 542 g/mol. The lowest BCUT2D eigenvalue weighted by molar-refractivity contribution is -0.143. The van der Waals surface area contributed by atoms with Crippen LogP contribution in [0.25, 0.3) is 0 Å². The van der Waals surface area contributed by atoms with E-state index >= 15 is 0 Å². The Labute approximate surface area is 233 Å². The molecule has 15 nitrogen and oxygen atoms in total. The van der Waals surface area contributed by atoms with Gasteiger partial charge in [0, 0.05) is 6.42 Å². The van der Waals surface area contributed by atoms with Gasteiger partial charge in [-0.2, -0.15) is 0 Å². The summed E-state index contributed by atoms with van der Waals surface area (Å²) in [6.45, 7) is 0. The highest BCUT2D eigenvalue weighted by molar-refractivity contribution is 5.97. The molecule has 0 radical (unpaired) electrons. The second-order valence-electron chi connectivity index (χ2n) is 9.14. The van der Waals surface area contributed by atoms with E-state index in [1.807, 2.05) is 0 Å². The summed E-state index contributed by atoms with van der Waals surface area (Å²) in [5.41, 5.74) is 12.1. The molecule has 2 aromatic rings. The van der Waals surface area contributed by atoms with Crippen LogP contribution in [-0.2, 0) is 41.6 Å². The van der Waals surface area contributed by atoms with Crippen molar-refractivity contribution in [1.82, 2.24) is 16.0 Å². The van der Waals surface area contributed by atoms with Gasteiger partial charge in [-0.3, -0.25) is 24.0 Å². The van der Waals surface area contributed by atoms with Crippen molar-refractivity contribution in [2.75, 3.05) is 0 Å². The number of amides is 4. The number of hydrogen-bond acceptors (Lipinski definition) is 9. The minimum atomic E-state index is -1.72. The van der Waals surface area contributed by atoms with Crippen LogP contribution in [0.4, 0.5) is 0 Å². The minimum absolute atomic E-state index is 0.00505. The van der Waals surface area contributed by atoms with Crippen molar-refractivity contribution in [3.8, 4) is 11.5 Å². The van der Waals surface area contributed by atoms with E-state index in [0.29, 0.717) is 11.1 Å². The average molecular weight is 574 g/mol. The van der Waals surface area contributed by atoms with E-state index < -0.39 is 72.6 Å². The fraction of sp³-hybridized carbons (Fsp3) is 0.308. The summed E-state index contributed by atoms with van der Waals surface area (Å²) in [6, 6.07) is 5.15. The maximum atomic E-state index is 12.9. The molecule has 0 heterocycles. The fourth-order valence-electron chi connectivity index (χ4n) is 3.66. The molecule has 41 heavy (non-hydrogen) atoms. The van der Waals surface area contributed by atoms with Crippen molar-refractivity contribution in [2.45, 2.75) is 49.9 Å². The standard InChI is InChI=1S/C26H31N5O10/c27-17(9-13-1-5-15(32)6-2-13)23(37)29-19(12-22(35)36)25(39)30-18(11-21(28)34)24(38)31-20(26(40)41)10-14-3-7-16(33)8-4-14/h1-8,17-20,32-33H,9-12,27H2,(H2,28,34)(H,29,37)(H,30,39)(H,31,38)(H,35,36)(H,40,41). The number of aliphatic carboxylic acids is 2. The van der Waals surface area contributed by atoms with Gasteiger partial charge >= 0.3 is 11.9 Å². The van der Waals surface area contributed by atoms with E-state index in [1.54, 1.807) is 0 Å². The number of rotatable bonds is 15. The lowest BCUT2D eigenvalue weighted by Crippen LogP contribution is -2.58. The first-order valence-corrected chi connectivity index (χ1v) is 12.2. The molecule has 220 valence electrons. The predicted molar refractivity (Wildman–Crippen MR) is 141 cm³/mol. The molecule has 15 heteroatoms. The van der Waals surface area contributed by atoms with E-state index in [1.165, 1.54) is 48.5 Å². The van der Waals surface area contributed by atoms with E-state index in [9.17, 15) is 49.2 Å². The first-order chi connectivity index (χ1) is 19.2. The Morgan fingerprint density at radius 3 is 1.49 bits per heavy atom. The fourth-order valence-corrected chi connectivity index (χ4v) is 3.66. The SMILES string of the molecule is NC(=O)CC(NC(=O)C(CC(=O)O)NC(=O)C(N)Cc1ccc(O)cc1)C(=O)NC(Cc1ccc(O)cc1)C(=O)O. The highest BCUT2D eigenvalue weighted by atomic mass is 16.4. The van der Waals surface area contributed by atoms with Gasteiger partial charge in [-0.25, -0.2) is 4.79 Å². The van der Waals surface area contributed by atoms with Crippen LogP contribution in [0.2, 0.25) is 0 Å². The van der Waals surface area contributed by atoms with Gasteiger partial charge in [0.2, 0.25) is 23.6 Å². The van der Waals surface area contributed by atoms with E-state index in [-0.39, 0.29) is 24.3 Å². The molecule has 0 aliphatic heterocycles. The van der Waals surface area contributed by atoms with Gasteiger partial charge in [0.05, 0.1) is 18.9 Å². The average Bonchev–Trinajstić information content (AvgIpc) is 2.89. The van der Waals surface area contributed by atoms with E-state index in [2.05, 4.69) is 16.0 Å². The van der Waals surface area contributed by atoms with Crippen LogP contribution in [0.1, 0.15) is 24.0 Å². The van der Waals surface area contributed by atoms with Gasteiger partial charge in [-0.05, 0) is 41.8 Å². The van der Waals surface area contributed by atoms with Crippen LogP contribution in [0.5, 0.6) is 11.5 Å². The Kier molecular flexibility index (Phi) is 11.6. The molecule has 11 N–H and O–H groups in total. The summed E-state index contributed by atoms with van der Waals surface area (Å²) < 4.78 is 0. The summed E-state index contributed by atoms with van der Waals surface area (Å²) >= 11 is 0. The molecule has 0 saturated heterocycles. The van der Waals surface area contributed by atoms with Gasteiger partial charge in [-0.15, -0.1) is 0 Å². The number of carbonyl (C=O) groups excluding carboxylic acids is 4. The highest BCUT2D eigenvalue weighted by Crippen LogP contribution is 2.13. The van der Waals surface area contributed by atoms with Crippen LogP contribution < -0.4 is 27.4 Å². The van der Waals surface area contributed by atoms with Gasteiger partial charge in [0.25, 0.3) is 0 Å². The van der Waals surface area contributed by atoms with Crippen molar-refractivity contribution in [3.63, 3.8) is 0 Å². The zero-order valence-electron chi connectivity index (χ0n) is 21.6. The second-order valence-corrected chi connectivity index (χ2v) is 9.14. The molecule has 0 saturated carbocycles. The molecule has 0 bridgehead atoms. The maximum absolute atomic E-state index is 12.9. The molecule has 4 amide bonds. The number of phenolic OH excluding ortho intramolecular Hbond substituents is 2. The van der Waals surface area contributed by atoms with Crippen LogP contribution in [-0.4, -0.2) is 80.2 Å². The smallest absolute Gasteiger partial charge is 0.326 e. The number of nitrogens with one attached hydrogen (secondary N) is 3. The first kappa shape index (κ1) is 32.0. The van der Waals surface area contributed by atoms with Crippen molar-refractivity contribution >= 4 is 35.6 Å². The molecule has 0 aliphatic rings. The van der Waals surface area contributed by atoms with E-state index in [0.717, 1.165) is 0 Å². The lowest BCUT2D eigenvalue weighted by Gasteiger charge is -2.24. The molecule has 2 aromatic carbocycles. The molecule has 4 unspecified atom stereocenters. The Balaban J connectivity index is 2.14. The molecular formula is C26H31N5O10. The normalized spacial score (nSPS) is 13.6. The van der Waals surface area contributed by atoms with Gasteiger partial charge in [0.15, 0.2) is 0 Å². The largest absolute Gasteiger partial charge is 0.508 e. The number of hydrogen-bond donors (Lipinski definition) is 9. The van der Waals surface area contributed by atoms with Gasteiger partial charge in [0.1, 0.15) is 29.6 Å². The number of aromatic hydroxyl groups is 2. The number of primary amides is 1. The van der Waals surface area contributed by atoms with Crippen molar-refractivity contribution < 1.29 is 49.2 Å². The summed E-state index contributed by atoms with van der Waals surface area (Å²) in [4.78, 5) is 73.2. The van der Waals surface area contributed by atoms with Crippen LogP contribution in [0.15, 0.2) is 48.5 Å². The third-order valence-corrected chi connectivity index (χ3v) is 5.77. The van der Waals surface area contributed by atoms with Crippen LogP contribution in [0, 0.1) is 0 Å². The Morgan fingerprint density at radius 2 is 1.05 bits per heavy atom. The van der Waals surface area contributed by atoms with Crippen molar-refractivity contribution in [3.05, 3.63) is 59.7 Å². The third kappa shape index (κ3) is 10.8. The lowest BCUT2D eigenvalue weighted by atomic mass is 10.0. The highest BCUT2D eigenvalue weighted by Gasteiger charge is 2.32. The third-order valence-electron chi connectivity index (χ3n) is 5.77.